The van der Waals surface area contributed by atoms with Gasteiger partial charge < -0.3 is 21.1 Å². The lowest BCUT2D eigenvalue weighted by molar-refractivity contribution is 0.102. The van der Waals surface area contributed by atoms with Crippen LogP contribution in [-0.4, -0.2) is 26.7 Å². The summed E-state index contributed by atoms with van der Waals surface area (Å²) in [4.78, 5) is 13.3. The Balaban J connectivity index is 1.60. The molecule has 0 atom stereocenters. The first-order valence-electron chi connectivity index (χ1n) is 11.7. The summed E-state index contributed by atoms with van der Waals surface area (Å²) in [6.07, 6.45) is 0. The number of benzene rings is 4. The van der Waals surface area contributed by atoms with Gasteiger partial charge in [0.1, 0.15) is 17.3 Å². The summed E-state index contributed by atoms with van der Waals surface area (Å²) in [6, 6.07) is 25.2. The van der Waals surface area contributed by atoms with Crippen molar-refractivity contribution in [3.8, 4) is 22.6 Å². The first-order valence-corrected chi connectivity index (χ1v) is 13.2. The van der Waals surface area contributed by atoms with Crippen molar-refractivity contribution in [1.82, 2.24) is 0 Å². The molecular formula is C28H27N5O4S. The molecule has 4 rings (SSSR count). The van der Waals surface area contributed by atoms with Gasteiger partial charge in [-0.25, -0.2) is 13.6 Å². The number of hydrogen-bond acceptors (Lipinski definition) is 6. The van der Waals surface area contributed by atoms with Crippen molar-refractivity contribution in [2.45, 2.75) is 11.8 Å². The minimum Gasteiger partial charge on any atom is -0.456 e. The Bertz CT molecular complexity index is 1600. The van der Waals surface area contributed by atoms with Crippen LogP contribution in [0.5, 0.6) is 11.5 Å². The predicted molar refractivity (Wildman–Crippen MR) is 149 cm³/mol. The largest absolute Gasteiger partial charge is 0.456 e. The zero-order valence-corrected chi connectivity index (χ0v) is 21.4. The molecule has 0 spiro atoms. The molecule has 1 amide bonds. The lowest BCUT2D eigenvalue weighted by Crippen LogP contribution is -2.14. The highest BCUT2D eigenvalue weighted by atomic mass is 32.2. The molecule has 0 aliphatic carbocycles. The van der Waals surface area contributed by atoms with Crippen molar-refractivity contribution < 1.29 is 17.9 Å². The number of nitrogen functional groups attached to an aromatic ring is 1. The van der Waals surface area contributed by atoms with Gasteiger partial charge in [-0.05, 0) is 55.0 Å². The normalized spacial score (nSPS) is 11.0. The highest BCUT2D eigenvalue weighted by Gasteiger charge is 2.17. The number of nitrogens with one attached hydrogen (secondary N) is 3. The van der Waals surface area contributed by atoms with Crippen molar-refractivity contribution in [1.29, 1.82) is 5.41 Å². The van der Waals surface area contributed by atoms with Crippen LogP contribution in [0.1, 0.15) is 22.8 Å². The van der Waals surface area contributed by atoms with Gasteiger partial charge in [-0.3, -0.25) is 10.2 Å². The molecule has 0 saturated heterocycles. The number of primary sulfonamides is 1. The summed E-state index contributed by atoms with van der Waals surface area (Å²) in [5.41, 5.74) is 8.78. The molecule has 0 saturated carbocycles. The fraction of sp³-hybridized carbons (Fsp3) is 0.0714. The third-order valence-electron chi connectivity index (χ3n) is 5.63. The number of hydrogen-bond donors (Lipinski definition) is 5. The summed E-state index contributed by atoms with van der Waals surface area (Å²) in [5.74, 6) is 0.257. The number of carbonyl (C=O) groups is 1. The van der Waals surface area contributed by atoms with Crippen LogP contribution in [0.3, 0.4) is 0 Å². The Morgan fingerprint density at radius 2 is 1.63 bits per heavy atom. The van der Waals surface area contributed by atoms with E-state index in [4.69, 9.17) is 21.0 Å². The van der Waals surface area contributed by atoms with Crippen LogP contribution < -0.4 is 26.2 Å². The van der Waals surface area contributed by atoms with E-state index in [1.165, 1.54) is 6.07 Å². The zero-order chi connectivity index (χ0) is 27.3. The molecule has 7 N–H and O–H groups in total. The van der Waals surface area contributed by atoms with Gasteiger partial charge in [-0.1, -0.05) is 42.5 Å². The van der Waals surface area contributed by atoms with E-state index in [1.807, 2.05) is 6.92 Å². The maximum absolute atomic E-state index is 13.2. The van der Waals surface area contributed by atoms with Gasteiger partial charge in [0, 0.05) is 35.1 Å². The molecule has 0 heterocycles. The fourth-order valence-corrected chi connectivity index (χ4v) is 4.61. The van der Waals surface area contributed by atoms with Crippen LogP contribution >= 0.6 is 0 Å². The van der Waals surface area contributed by atoms with Crippen LogP contribution in [0.15, 0.2) is 95.9 Å². The van der Waals surface area contributed by atoms with Crippen molar-refractivity contribution >= 4 is 33.1 Å². The minimum absolute atomic E-state index is 0.0215. The first-order chi connectivity index (χ1) is 18.2. The molecule has 0 radical (unpaired) electrons. The number of sulfonamides is 1. The molecule has 0 unspecified atom stereocenters. The van der Waals surface area contributed by atoms with Gasteiger partial charge in [-0.2, -0.15) is 0 Å². The summed E-state index contributed by atoms with van der Waals surface area (Å²) >= 11 is 0. The number of anilines is 2. The van der Waals surface area contributed by atoms with Gasteiger partial charge in [-0.15, -0.1) is 0 Å². The summed E-state index contributed by atoms with van der Waals surface area (Å²) in [7, 11) is -3.90. The third kappa shape index (κ3) is 6.17. The quantitative estimate of drug-likeness (QED) is 0.155. The number of ether oxygens (including phenoxy) is 1. The molecule has 4 aromatic rings. The van der Waals surface area contributed by atoms with Crippen LogP contribution in [0.2, 0.25) is 0 Å². The van der Waals surface area contributed by atoms with Crippen molar-refractivity contribution in [3.63, 3.8) is 0 Å². The summed E-state index contributed by atoms with van der Waals surface area (Å²) < 4.78 is 30.0. The molecule has 4 aromatic carbocycles. The lowest BCUT2D eigenvalue weighted by atomic mass is 10.1. The van der Waals surface area contributed by atoms with Gasteiger partial charge in [0.2, 0.25) is 10.0 Å². The molecule has 0 aliphatic heterocycles. The number of rotatable bonds is 9. The highest BCUT2D eigenvalue weighted by Crippen LogP contribution is 2.31. The summed E-state index contributed by atoms with van der Waals surface area (Å²) in [5, 5.41) is 19.1. The van der Waals surface area contributed by atoms with Crippen molar-refractivity contribution in [2.24, 2.45) is 10.9 Å². The van der Waals surface area contributed by atoms with Gasteiger partial charge in [0.25, 0.3) is 5.91 Å². The molecule has 0 bridgehead atoms. The van der Waals surface area contributed by atoms with Gasteiger partial charge in [0.05, 0.1) is 10.5 Å². The molecule has 9 nitrogen and oxygen atoms in total. The van der Waals surface area contributed by atoms with E-state index in [0.717, 1.165) is 5.69 Å². The predicted octanol–water partition coefficient (Wildman–Crippen LogP) is 4.76. The standard InChI is InChI=1S/C28H27N5O4S/c1-2-32-21-14-15-24(25(17-21)37-22-7-5-6-19(16-22)27(29)30)28(34)33-20-12-10-18(11-13-20)23-8-3-4-9-26(23)38(31,35)36/h3-17,32H,2H2,1H3,(H3,29,30)(H,33,34)(H2,31,35,36). The lowest BCUT2D eigenvalue weighted by Gasteiger charge is -2.15. The molecule has 194 valence electrons. The molecule has 38 heavy (non-hydrogen) atoms. The Morgan fingerprint density at radius 1 is 0.921 bits per heavy atom. The monoisotopic (exact) mass is 529 g/mol. The number of carbonyl (C=O) groups excluding carboxylic acids is 1. The molecule has 10 heteroatoms. The van der Waals surface area contributed by atoms with Crippen LogP contribution in [0, 0.1) is 5.41 Å². The molecule has 0 aromatic heterocycles. The zero-order valence-electron chi connectivity index (χ0n) is 20.6. The van der Waals surface area contributed by atoms with Crippen LogP contribution in [0.4, 0.5) is 11.4 Å². The first kappa shape index (κ1) is 26.4. The Morgan fingerprint density at radius 3 is 2.32 bits per heavy atom. The van der Waals surface area contributed by atoms with E-state index in [-0.39, 0.29) is 10.7 Å². The second-order valence-electron chi connectivity index (χ2n) is 8.36. The van der Waals surface area contributed by atoms with Crippen LogP contribution in [-0.2, 0) is 10.0 Å². The summed E-state index contributed by atoms with van der Waals surface area (Å²) in [6.45, 7) is 2.65. The highest BCUT2D eigenvalue weighted by molar-refractivity contribution is 7.89. The molecule has 0 aliphatic rings. The van der Waals surface area contributed by atoms with Gasteiger partial charge in [0.15, 0.2) is 0 Å². The number of nitrogens with two attached hydrogens (primary N) is 2. The molecule has 0 fully saturated rings. The Kier molecular flexibility index (Phi) is 7.75. The number of amidine groups is 1. The minimum atomic E-state index is -3.90. The maximum Gasteiger partial charge on any atom is 0.259 e. The van der Waals surface area contributed by atoms with E-state index in [1.54, 1.807) is 84.9 Å². The second kappa shape index (κ2) is 11.2. The maximum atomic E-state index is 13.2. The van der Waals surface area contributed by atoms with Crippen molar-refractivity contribution in [3.05, 3.63) is 102 Å². The van der Waals surface area contributed by atoms with Crippen molar-refractivity contribution in [2.75, 3.05) is 17.2 Å². The van der Waals surface area contributed by atoms with Gasteiger partial charge >= 0.3 is 0 Å². The second-order valence-corrected chi connectivity index (χ2v) is 9.89. The van der Waals surface area contributed by atoms with E-state index < -0.39 is 15.9 Å². The fourth-order valence-electron chi connectivity index (χ4n) is 3.85. The SMILES string of the molecule is CCNc1ccc(C(=O)Nc2ccc(-c3ccccc3S(N)(=O)=O)cc2)c(Oc2cccc(C(=N)N)c2)c1. The average molecular weight is 530 g/mol. The van der Waals surface area contributed by atoms with E-state index in [9.17, 15) is 13.2 Å². The van der Waals surface area contributed by atoms with E-state index in [0.29, 0.717) is 46.0 Å². The Hall–Kier alpha value is -4.67. The molecular weight excluding hydrogens is 502 g/mol. The smallest absolute Gasteiger partial charge is 0.259 e. The number of amides is 1. The Labute approximate surface area is 221 Å². The third-order valence-corrected chi connectivity index (χ3v) is 6.60. The average Bonchev–Trinajstić information content (AvgIpc) is 2.89. The van der Waals surface area contributed by atoms with E-state index >= 15 is 0 Å². The van der Waals surface area contributed by atoms with E-state index in [2.05, 4.69) is 10.6 Å². The topological polar surface area (TPSA) is 160 Å². The van der Waals surface area contributed by atoms with Crippen LogP contribution in [0.25, 0.3) is 11.1 Å².